The molecule has 7 nitrogen and oxygen atoms in total. The van der Waals surface area contributed by atoms with Crippen LogP contribution in [0.1, 0.15) is 20.3 Å². The van der Waals surface area contributed by atoms with Crippen LogP contribution in [-0.4, -0.2) is 40.3 Å². The summed E-state index contributed by atoms with van der Waals surface area (Å²) >= 11 is 6.02. The van der Waals surface area contributed by atoms with Gasteiger partial charge in [0.2, 0.25) is 15.9 Å². The molecule has 0 aliphatic carbocycles. The predicted octanol–water partition coefficient (Wildman–Crippen LogP) is 3.93. The number of anilines is 2. The van der Waals surface area contributed by atoms with Crippen molar-refractivity contribution < 1.29 is 22.7 Å². The minimum atomic E-state index is -3.74. The standard InChI is InChI=1S/C20H25ClN2O5S/c1-5-18(20(24)22-17-13-14(21)7-12-19(17)27-3)23(29(4,25)26)15-8-10-16(11-9-15)28-6-2/h7-13,18H,5-6H2,1-4H3,(H,22,24)/t18-/m1/s1. The zero-order chi connectivity index (χ0) is 21.6. The Morgan fingerprint density at radius 3 is 2.34 bits per heavy atom. The fourth-order valence-corrected chi connectivity index (χ4v) is 4.29. The lowest BCUT2D eigenvalue weighted by molar-refractivity contribution is -0.117. The quantitative estimate of drug-likeness (QED) is 0.638. The number of halogens is 1. The molecule has 0 aromatic heterocycles. The molecule has 158 valence electrons. The topological polar surface area (TPSA) is 84.9 Å². The van der Waals surface area contributed by atoms with Crippen LogP contribution in [0.25, 0.3) is 0 Å². The van der Waals surface area contributed by atoms with E-state index in [0.29, 0.717) is 34.5 Å². The molecule has 0 saturated heterocycles. The molecule has 0 spiro atoms. The Labute approximate surface area is 176 Å². The molecule has 0 saturated carbocycles. The molecular formula is C20H25ClN2O5S. The number of carbonyl (C=O) groups is 1. The summed E-state index contributed by atoms with van der Waals surface area (Å²) in [6.45, 7) is 4.10. The van der Waals surface area contributed by atoms with Crippen molar-refractivity contribution in [3.63, 3.8) is 0 Å². The number of sulfonamides is 1. The van der Waals surface area contributed by atoms with E-state index in [1.165, 1.54) is 7.11 Å². The van der Waals surface area contributed by atoms with Gasteiger partial charge >= 0.3 is 0 Å². The Bertz CT molecular complexity index is 948. The maximum absolute atomic E-state index is 13.0. The number of hydrogen-bond donors (Lipinski definition) is 1. The number of nitrogens with zero attached hydrogens (tertiary/aromatic N) is 1. The number of carbonyl (C=O) groups excluding carboxylic acids is 1. The largest absolute Gasteiger partial charge is 0.495 e. The highest BCUT2D eigenvalue weighted by Crippen LogP contribution is 2.30. The first-order chi connectivity index (χ1) is 13.7. The van der Waals surface area contributed by atoms with E-state index in [9.17, 15) is 13.2 Å². The Hall–Kier alpha value is -2.45. The van der Waals surface area contributed by atoms with E-state index in [2.05, 4.69) is 5.32 Å². The second-order valence-electron chi connectivity index (χ2n) is 6.24. The molecule has 0 radical (unpaired) electrons. The van der Waals surface area contributed by atoms with E-state index in [1.807, 2.05) is 6.92 Å². The fraction of sp³-hybridized carbons (Fsp3) is 0.350. The van der Waals surface area contributed by atoms with Crippen LogP contribution in [0.15, 0.2) is 42.5 Å². The van der Waals surface area contributed by atoms with E-state index < -0.39 is 22.0 Å². The van der Waals surface area contributed by atoms with Gasteiger partial charge in [-0.05, 0) is 55.8 Å². The van der Waals surface area contributed by atoms with Gasteiger partial charge in [-0.25, -0.2) is 8.42 Å². The van der Waals surface area contributed by atoms with Crippen LogP contribution in [0.2, 0.25) is 5.02 Å². The summed E-state index contributed by atoms with van der Waals surface area (Å²) in [7, 11) is -2.27. The van der Waals surface area contributed by atoms with E-state index in [4.69, 9.17) is 21.1 Å². The van der Waals surface area contributed by atoms with Crippen LogP contribution < -0.4 is 19.1 Å². The number of rotatable bonds is 9. The van der Waals surface area contributed by atoms with Gasteiger partial charge in [0.25, 0.3) is 0 Å². The third kappa shape index (κ3) is 5.77. The lowest BCUT2D eigenvalue weighted by Crippen LogP contribution is -2.47. The molecule has 0 unspecified atom stereocenters. The molecule has 0 bridgehead atoms. The van der Waals surface area contributed by atoms with Crippen LogP contribution in [0.4, 0.5) is 11.4 Å². The van der Waals surface area contributed by atoms with E-state index in [1.54, 1.807) is 49.4 Å². The van der Waals surface area contributed by atoms with Crippen LogP contribution in [0, 0.1) is 0 Å². The van der Waals surface area contributed by atoms with E-state index in [0.717, 1.165) is 10.6 Å². The second-order valence-corrected chi connectivity index (χ2v) is 8.54. The average molecular weight is 441 g/mol. The normalized spacial score (nSPS) is 12.2. The molecule has 1 amide bonds. The molecule has 1 atom stereocenters. The Morgan fingerprint density at radius 2 is 1.83 bits per heavy atom. The molecule has 0 fully saturated rings. The molecular weight excluding hydrogens is 416 g/mol. The third-order valence-electron chi connectivity index (χ3n) is 4.15. The van der Waals surface area contributed by atoms with Gasteiger partial charge in [-0.15, -0.1) is 0 Å². The van der Waals surface area contributed by atoms with Crippen molar-refractivity contribution in [3.8, 4) is 11.5 Å². The number of ether oxygens (including phenoxy) is 2. The van der Waals surface area contributed by atoms with Crippen molar-refractivity contribution in [2.24, 2.45) is 0 Å². The monoisotopic (exact) mass is 440 g/mol. The van der Waals surface area contributed by atoms with Crippen molar-refractivity contribution >= 4 is 38.9 Å². The summed E-state index contributed by atoms with van der Waals surface area (Å²) in [6.07, 6.45) is 1.33. The van der Waals surface area contributed by atoms with Gasteiger partial charge in [-0.2, -0.15) is 0 Å². The Morgan fingerprint density at radius 1 is 1.17 bits per heavy atom. The zero-order valence-corrected chi connectivity index (χ0v) is 18.4. The SMILES string of the molecule is CCOc1ccc(N([C@H](CC)C(=O)Nc2cc(Cl)ccc2OC)S(C)(=O)=O)cc1. The molecule has 0 heterocycles. The van der Waals surface area contributed by atoms with Crippen LogP contribution in [0.3, 0.4) is 0 Å². The van der Waals surface area contributed by atoms with Gasteiger partial charge in [-0.1, -0.05) is 18.5 Å². The lowest BCUT2D eigenvalue weighted by Gasteiger charge is -2.30. The highest BCUT2D eigenvalue weighted by molar-refractivity contribution is 7.92. The average Bonchev–Trinajstić information content (AvgIpc) is 2.66. The Kier molecular flexibility index (Phi) is 7.75. The van der Waals surface area contributed by atoms with Crippen molar-refractivity contribution in [2.45, 2.75) is 26.3 Å². The second kappa shape index (κ2) is 9.84. The first-order valence-electron chi connectivity index (χ1n) is 9.07. The number of hydrogen-bond acceptors (Lipinski definition) is 5. The third-order valence-corrected chi connectivity index (χ3v) is 5.57. The fourth-order valence-electron chi connectivity index (χ4n) is 2.91. The maximum atomic E-state index is 13.0. The minimum absolute atomic E-state index is 0.259. The smallest absolute Gasteiger partial charge is 0.248 e. The first-order valence-corrected chi connectivity index (χ1v) is 11.3. The summed E-state index contributed by atoms with van der Waals surface area (Å²) < 4.78 is 36.8. The highest BCUT2D eigenvalue weighted by atomic mass is 35.5. The summed E-state index contributed by atoms with van der Waals surface area (Å²) in [5.41, 5.74) is 0.736. The Balaban J connectivity index is 2.38. The molecule has 2 rings (SSSR count). The molecule has 0 aliphatic heterocycles. The van der Waals surface area contributed by atoms with E-state index in [-0.39, 0.29) is 6.42 Å². The molecule has 9 heteroatoms. The maximum Gasteiger partial charge on any atom is 0.248 e. The lowest BCUT2D eigenvalue weighted by atomic mass is 10.1. The van der Waals surface area contributed by atoms with Crippen molar-refractivity contribution in [1.82, 2.24) is 0 Å². The molecule has 0 aliphatic rings. The van der Waals surface area contributed by atoms with Crippen molar-refractivity contribution in [2.75, 3.05) is 29.6 Å². The van der Waals surface area contributed by atoms with Crippen LogP contribution in [-0.2, 0) is 14.8 Å². The van der Waals surface area contributed by atoms with Gasteiger partial charge in [0.1, 0.15) is 17.5 Å². The predicted molar refractivity (Wildman–Crippen MR) is 116 cm³/mol. The molecule has 2 aromatic carbocycles. The number of amides is 1. The summed E-state index contributed by atoms with van der Waals surface area (Å²) in [6, 6.07) is 10.4. The minimum Gasteiger partial charge on any atom is -0.495 e. The highest BCUT2D eigenvalue weighted by Gasteiger charge is 2.32. The number of nitrogens with one attached hydrogen (secondary N) is 1. The molecule has 1 N–H and O–H groups in total. The van der Waals surface area contributed by atoms with Gasteiger partial charge < -0.3 is 14.8 Å². The summed E-state index contributed by atoms with van der Waals surface area (Å²) in [5.74, 6) is 0.544. The van der Waals surface area contributed by atoms with Gasteiger partial charge in [0.15, 0.2) is 0 Å². The van der Waals surface area contributed by atoms with Crippen molar-refractivity contribution in [3.05, 3.63) is 47.5 Å². The van der Waals surface area contributed by atoms with Crippen molar-refractivity contribution in [1.29, 1.82) is 0 Å². The van der Waals surface area contributed by atoms with Gasteiger partial charge in [0, 0.05) is 5.02 Å². The summed E-state index contributed by atoms with van der Waals surface area (Å²) in [4.78, 5) is 13.0. The number of methoxy groups -OCH3 is 1. The van der Waals surface area contributed by atoms with Crippen LogP contribution >= 0.6 is 11.6 Å². The summed E-state index contributed by atoms with van der Waals surface area (Å²) in [5, 5.41) is 3.15. The van der Waals surface area contributed by atoms with Crippen LogP contribution in [0.5, 0.6) is 11.5 Å². The molecule has 29 heavy (non-hydrogen) atoms. The van der Waals surface area contributed by atoms with E-state index >= 15 is 0 Å². The zero-order valence-electron chi connectivity index (χ0n) is 16.8. The van der Waals surface area contributed by atoms with Gasteiger partial charge in [0.05, 0.1) is 31.3 Å². The first kappa shape index (κ1) is 22.8. The van der Waals surface area contributed by atoms with Gasteiger partial charge in [-0.3, -0.25) is 9.10 Å². The number of benzene rings is 2. The molecule has 2 aromatic rings.